The first-order valence-electron chi connectivity index (χ1n) is 9.62. The van der Waals surface area contributed by atoms with Gasteiger partial charge in [-0.05, 0) is 30.4 Å². The van der Waals surface area contributed by atoms with Crippen molar-refractivity contribution in [2.45, 2.75) is 25.2 Å². The number of halogens is 2. The molecule has 2 aliphatic rings. The van der Waals surface area contributed by atoms with Crippen LogP contribution in [-0.2, 0) is 10.2 Å². The Morgan fingerprint density at radius 1 is 1.26 bits per heavy atom. The Hall–Kier alpha value is -0.930. The van der Waals surface area contributed by atoms with Crippen molar-refractivity contribution in [2.75, 3.05) is 53.0 Å². The first-order chi connectivity index (χ1) is 12.6. The van der Waals surface area contributed by atoms with Gasteiger partial charge >= 0.3 is 0 Å². The highest BCUT2D eigenvalue weighted by Gasteiger charge is 2.45. The summed E-state index contributed by atoms with van der Waals surface area (Å²) in [4.78, 5) is 6.77. The average Bonchev–Trinajstić information content (AvgIpc) is 3.44. The van der Waals surface area contributed by atoms with Crippen LogP contribution in [0.1, 0.15) is 25.3 Å². The number of rotatable bonds is 7. The maximum Gasteiger partial charge on any atom is 0.191 e. The van der Waals surface area contributed by atoms with Crippen molar-refractivity contribution in [1.29, 1.82) is 0 Å². The summed E-state index contributed by atoms with van der Waals surface area (Å²) >= 11 is 0. The number of hydrogen-bond donors (Lipinski definition) is 2. The monoisotopic (exact) mass is 490 g/mol. The summed E-state index contributed by atoms with van der Waals surface area (Å²) in [5, 5.41) is 6.81. The predicted molar refractivity (Wildman–Crippen MR) is 119 cm³/mol. The van der Waals surface area contributed by atoms with E-state index in [1.165, 1.54) is 0 Å². The van der Waals surface area contributed by atoms with E-state index in [2.05, 4.69) is 27.4 Å². The molecule has 1 unspecified atom stereocenters. The highest BCUT2D eigenvalue weighted by molar-refractivity contribution is 14.0. The minimum Gasteiger partial charge on any atom is -0.379 e. The van der Waals surface area contributed by atoms with Gasteiger partial charge in [-0.3, -0.25) is 9.89 Å². The molecule has 1 aromatic rings. The third-order valence-electron chi connectivity index (χ3n) is 5.41. The fraction of sp³-hybridized carbons (Fsp3) is 0.650. The molecule has 1 atom stereocenters. The lowest BCUT2D eigenvalue weighted by atomic mass is 9.95. The molecule has 0 bridgehead atoms. The van der Waals surface area contributed by atoms with Crippen LogP contribution >= 0.6 is 24.0 Å². The van der Waals surface area contributed by atoms with E-state index in [0.717, 1.165) is 63.8 Å². The lowest BCUT2D eigenvalue weighted by Gasteiger charge is -2.29. The van der Waals surface area contributed by atoms with Crippen molar-refractivity contribution in [3.63, 3.8) is 0 Å². The Bertz CT molecular complexity index is 618. The van der Waals surface area contributed by atoms with Crippen LogP contribution in [0, 0.1) is 11.7 Å². The molecule has 5 nitrogen and oxygen atoms in total. The molecule has 1 aliphatic carbocycles. The third kappa shape index (κ3) is 6.29. The van der Waals surface area contributed by atoms with Crippen LogP contribution in [-0.4, -0.2) is 63.8 Å². The smallest absolute Gasteiger partial charge is 0.191 e. The van der Waals surface area contributed by atoms with Crippen molar-refractivity contribution in [3.8, 4) is 0 Å². The maximum atomic E-state index is 14.1. The number of hydrogen-bond acceptors (Lipinski definition) is 3. The number of guanidine groups is 1. The Morgan fingerprint density at radius 3 is 2.59 bits per heavy atom. The van der Waals surface area contributed by atoms with Crippen LogP contribution in [0.15, 0.2) is 29.3 Å². The second-order valence-corrected chi connectivity index (χ2v) is 7.58. The molecular weight excluding hydrogens is 458 g/mol. The fourth-order valence-electron chi connectivity index (χ4n) is 3.62. The Balaban J connectivity index is 0.00000261. The van der Waals surface area contributed by atoms with Crippen LogP contribution in [0.2, 0.25) is 0 Å². The largest absolute Gasteiger partial charge is 0.379 e. The van der Waals surface area contributed by atoms with E-state index in [0.29, 0.717) is 12.5 Å². The standard InChI is InChI=1S/C20H31FN4O.HI/c1-16(14-25-9-11-26-12-10-25)13-23-19(22-2)24-15-20(7-8-20)17-5-3-4-6-18(17)21;/h3-6,16H,7-15H2,1-2H3,(H2,22,23,24);1H. The van der Waals surface area contributed by atoms with Gasteiger partial charge in [-0.25, -0.2) is 4.39 Å². The molecule has 1 saturated carbocycles. The summed E-state index contributed by atoms with van der Waals surface area (Å²) in [5.41, 5.74) is 0.742. The summed E-state index contributed by atoms with van der Waals surface area (Å²) in [6.07, 6.45) is 2.04. The second-order valence-electron chi connectivity index (χ2n) is 7.58. The maximum absolute atomic E-state index is 14.1. The van der Waals surface area contributed by atoms with E-state index in [4.69, 9.17) is 4.74 Å². The summed E-state index contributed by atoms with van der Waals surface area (Å²) < 4.78 is 19.5. The van der Waals surface area contributed by atoms with Crippen molar-refractivity contribution >= 4 is 29.9 Å². The van der Waals surface area contributed by atoms with Crippen LogP contribution in [0.5, 0.6) is 0 Å². The molecule has 1 heterocycles. The highest BCUT2D eigenvalue weighted by Crippen LogP contribution is 2.48. The Kier molecular flexibility index (Phi) is 8.75. The first-order valence-corrected chi connectivity index (χ1v) is 9.62. The Labute approximate surface area is 179 Å². The van der Waals surface area contributed by atoms with Gasteiger partial charge in [0.1, 0.15) is 5.82 Å². The van der Waals surface area contributed by atoms with E-state index < -0.39 is 0 Å². The molecule has 2 fully saturated rings. The summed E-state index contributed by atoms with van der Waals surface area (Å²) in [6, 6.07) is 7.12. The van der Waals surface area contributed by atoms with Gasteiger partial charge in [0.05, 0.1) is 13.2 Å². The number of aliphatic imine (C=N–C) groups is 1. The lowest BCUT2D eigenvalue weighted by molar-refractivity contribution is 0.0320. The molecule has 0 aromatic heterocycles. The summed E-state index contributed by atoms with van der Waals surface area (Å²) in [7, 11) is 1.78. The third-order valence-corrected chi connectivity index (χ3v) is 5.41. The molecule has 27 heavy (non-hydrogen) atoms. The molecule has 0 radical (unpaired) electrons. The molecule has 1 saturated heterocycles. The van der Waals surface area contributed by atoms with Gasteiger partial charge in [0, 0.05) is 45.2 Å². The molecule has 7 heteroatoms. The minimum atomic E-state index is -0.103. The van der Waals surface area contributed by atoms with Crippen LogP contribution in [0.25, 0.3) is 0 Å². The van der Waals surface area contributed by atoms with Gasteiger partial charge < -0.3 is 15.4 Å². The fourth-order valence-corrected chi connectivity index (χ4v) is 3.62. The van der Waals surface area contributed by atoms with Crippen molar-refractivity contribution in [1.82, 2.24) is 15.5 Å². The predicted octanol–water partition coefficient (Wildman–Crippen LogP) is 2.61. The molecule has 2 N–H and O–H groups in total. The first kappa shape index (κ1) is 22.4. The van der Waals surface area contributed by atoms with Gasteiger partial charge in [0.25, 0.3) is 0 Å². The van der Waals surface area contributed by atoms with E-state index >= 15 is 0 Å². The van der Waals surface area contributed by atoms with Gasteiger partial charge in [-0.15, -0.1) is 24.0 Å². The lowest BCUT2D eigenvalue weighted by Crippen LogP contribution is -2.45. The number of benzene rings is 1. The van der Waals surface area contributed by atoms with E-state index in [9.17, 15) is 4.39 Å². The molecule has 0 spiro atoms. The van der Waals surface area contributed by atoms with Crippen molar-refractivity contribution in [3.05, 3.63) is 35.6 Å². The van der Waals surface area contributed by atoms with E-state index in [1.54, 1.807) is 19.2 Å². The topological polar surface area (TPSA) is 48.9 Å². The second kappa shape index (κ2) is 10.6. The molecule has 152 valence electrons. The zero-order valence-electron chi connectivity index (χ0n) is 16.3. The minimum absolute atomic E-state index is 0. The summed E-state index contributed by atoms with van der Waals surface area (Å²) in [5.74, 6) is 1.21. The van der Waals surface area contributed by atoms with Gasteiger partial charge in [0.2, 0.25) is 0 Å². The van der Waals surface area contributed by atoms with Gasteiger partial charge in [-0.1, -0.05) is 25.1 Å². The molecule has 1 aliphatic heterocycles. The van der Waals surface area contributed by atoms with Crippen LogP contribution in [0.3, 0.4) is 0 Å². The SMILES string of the molecule is CN=C(NCC(C)CN1CCOCC1)NCC1(c2ccccc2F)CC1.I. The van der Waals surface area contributed by atoms with Crippen molar-refractivity contribution < 1.29 is 9.13 Å². The normalized spacial score (nSPS) is 20.5. The van der Waals surface area contributed by atoms with Gasteiger partial charge in [-0.2, -0.15) is 0 Å². The Morgan fingerprint density at radius 2 is 1.96 bits per heavy atom. The molecule has 0 amide bonds. The zero-order chi connectivity index (χ0) is 18.4. The van der Waals surface area contributed by atoms with Crippen LogP contribution in [0.4, 0.5) is 4.39 Å². The highest BCUT2D eigenvalue weighted by atomic mass is 127. The number of nitrogens with one attached hydrogen (secondary N) is 2. The molecule has 1 aromatic carbocycles. The number of ether oxygens (including phenoxy) is 1. The van der Waals surface area contributed by atoms with Crippen molar-refractivity contribution in [2.24, 2.45) is 10.9 Å². The quantitative estimate of drug-likeness (QED) is 0.351. The zero-order valence-corrected chi connectivity index (χ0v) is 18.7. The average molecular weight is 490 g/mol. The number of nitrogens with zero attached hydrogens (tertiary/aromatic N) is 2. The van der Waals surface area contributed by atoms with Crippen LogP contribution < -0.4 is 10.6 Å². The summed E-state index contributed by atoms with van der Waals surface area (Å²) in [6.45, 7) is 8.59. The number of morpholine rings is 1. The van der Waals surface area contributed by atoms with Gasteiger partial charge in [0.15, 0.2) is 5.96 Å². The molecule has 3 rings (SSSR count). The van der Waals surface area contributed by atoms with E-state index in [-0.39, 0.29) is 35.2 Å². The van der Waals surface area contributed by atoms with E-state index in [1.807, 2.05) is 12.1 Å². The molecular formula is C20H32FIN4O.